The zero-order valence-corrected chi connectivity index (χ0v) is 10.2. The Bertz CT molecular complexity index is 404. The van der Waals surface area contributed by atoms with Gasteiger partial charge in [0.25, 0.3) is 0 Å². The van der Waals surface area contributed by atoms with E-state index in [-0.39, 0.29) is 5.56 Å². The van der Waals surface area contributed by atoms with E-state index in [1.807, 2.05) is 0 Å². The number of aliphatic hydroxyl groups is 1. The molecule has 0 saturated heterocycles. The van der Waals surface area contributed by atoms with E-state index in [0.29, 0.717) is 6.42 Å². The quantitative estimate of drug-likeness (QED) is 0.822. The molecule has 0 saturated carbocycles. The van der Waals surface area contributed by atoms with E-state index >= 15 is 0 Å². The van der Waals surface area contributed by atoms with Crippen LogP contribution in [0.5, 0.6) is 0 Å². The summed E-state index contributed by atoms with van der Waals surface area (Å²) in [5.41, 5.74) is 0.974. The standard InChI is InChI=1S/C13H17FO3/c1-4-9(13(16)17-3)12(15)10-7-8(2)5-6-11(10)14/h5-7,9,12,15H,4H2,1-3H3. The number of aryl methyl sites for hydroxylation is 1. The van der Waals surface area contributed by atoms with Gasteiger partial charge in [0, 0.05) is 5.56 Å². The van der Waals surface area contributed by atoms with Crippen LogP contribution in [0.1, 0.15) is 30.6 Å². The number of carbonyl (C=O) groups is 1. The van der Waals surface area contributed by atoms with E-state index in [1.165, 1.54) is 13.2 Å². The fraction of sp³-hybridized carbons (Fsp3) is 0.462. The molecular formula is C13H17FO3. The molecule has 0 spiro atoms. The first-order valence-corrected chi connectivity index (χ1v) is 5.53. The number of carbonyl (C=O) groups excluding carboxylic acids is 1. The third-order valence-electron chi connectivity index (χ3n) is 2.80. The summed E-state index contributed by atoms with van der Waals surface area (Å²) in [5.74, 6) is -1.78. The van der Waals surface area contributed by atoms with Crippen molar-refractivity contribution in [3.8, 4) is 0 Å². The van der Waals surface area contributed by atoms with Crippen LogP contribution < -0.4 is 0 Å². The molecule has 0 radical (unpaired) electrons. The molecule has 1 N–H and O–H groups in total. The molecule has 4 heteroatoms. The van der Waals surface area contributed by atoms with Gasteiger partial charge in [-0.25, -0.2) is 4.39 Å². The highest BCUT2D eigenvalue weighted by Crippen LogP contribution is 2.28. The predicted molar refractivity (Wildman–Crippen MR) is 61.9 cm³/mol. The van der Waals surface area contributed by atoms with Crippen LogP contribution in [0.4, 0.5) is 4.39 Å². The number of benzene rings is 1. The summed E-state index contributed by atoms with van der Waals surface area (Å²) >= 11 is 0. The van der Waals surface area contributed by atoms with Gasteiger partial charge in [0.1, 0.15) is 5.82 Å². The van der Waals surface area contributed by atoms with Crippen molar-refractivity contribution in [1.29, 1.82) is 0 Å². The average Bonchev–Trinajstić information content (AvgIpc) is 2.32. The van der Waals surface area contributed by atoms with E-state index < -0.39 is 23.8 Å². The molecule has 0 aliphatic heterocycles. The Kier molecular flexibility index (Phi) is 4.63. The van der Waals surface area contributed by atoms with E-state index in [1.54, 1.807) is 26.0 Å². The number of rotatable bonds is 4. The second-order valence-corrected chi connectivity index (χ2v) is 4.01. The minimum atomic E-state index is -1.17. The summed E-state index contributed by atoms with van der Waals surface area (Å²) in [6, 6.07) is 4.45. The van der Waals surface area contributed by atoms with Crippen molar-refractivity contribution in [2.45, 2.75) is 26.4 Å². The van der Waals surface area contributed by atoms with E-state index in [4.69, 9.17) is 0 Å². The molecule has 1 rings (SSSR count). The zero-order chi connectivity index (χ0) is 13.0. The first kappa shape index (κ1) is 13.6. The van der Waals surface area contributed by atoms with Crippen LogP contribution in [0.15, 0.2) is 18.2 Å². The lowest BCUT2D eigenvalue weighted by Gasteiger charge is -2.20. The lowest BCUT2D eigenvalue weighted by molar-refractivity contribution is -0.149. The van der Waals surface area contributed by atoms with Gasteiger partial charge >= 0.3 is 5.97 Å². The smallest absolute Gasteiger partial charge is 0.311 e. The number of ether oxygens (including phenoxy) is 1. The van der Waals surface area contributed by atoms with E-state index in [2.05, 4.69) is 4.74 Å². The van der Waals surface area contributed by atoms with Gasteiger partial charge in [-0.2, -0.15) is 0 Å². The molecule has 0 aliphatic rings. The number of methoxy groups -OCH3 is 1. The van der Waals surface area contributed by atoms with Gasteiger partial charge in [-0.05, 0) is 19.4 Å². The van der Waals surface area contributed by atoms with Gasteiger partial charge in [0.2, 0.25) is 0 Å². The van der Waals surface area contributed by atoms with Crippen molar-refractivity contribution in [3.63, 3.8) is 0 Å². The number of aliphatic hydroxyl groups excluding tert-OH is 1. The van der Waals surface area contributed by atoms with Crippen molar-refractivity contribution in [1.82, 2.24) is 0 Å². The Labute approximate surface area is 100 Å². The van der Waals surface area contributed by atoms with Crippen molar-refractivity contribution in [2.75, 3.05) is 7.11 Å². The van der Waals surface area contributed by atoms with Crippen molar-refractivity contribution < 1.29 is 19.0 Å². The molecule has 2 unspecified atom stereocenters. The van der Waals surface area contributed by atoms with Gasteiger partial charge in [0.15, 0.2) is 0 Å². The molecular weight excluding hydrogens is 223 g/mol. The van der Waals surface area contributed by atoms with Crippen LogP contribution in [-0.2, 0) is 9.53 Å². The second kappa shape index (κ2) is 5.77. The SMILES string of the molecule is CCC(C(=O)OC)C(O)c1cc(C)ccc1F. The normalized spacial score (nSPS) is 14.2. The average molecular weight is 240 g/mol. The molecule has 0 fully saturated rings. The van der Waals surface area contributed by atoms with Crippen molar-refractivity contribution in [3.05, 3.63) is 35.1 Å². The van der Waals surface area contributed by atoms with Crippen LogP contribution in [-0.4, -0.2) is 18.2 Å². The van der Waals surface area contributed by atoms with Crippen molar-refractivity contribution >= 4 is 5.97 Å². The summed E-state index contributed by atoms with van der Waals surface area (Å²) < 4.78 is 18.2. The molecule has 0 aromatic heterocycles. The van der Waals surface area contributed by atoms with Gasteiger partial charge < -0.3 is 9.84 Å². The lowest BCUT2D eigenvalue weighted by atomic mass is 9.92. The fourth-order valence-corrected chi connectivity index (χ4v) is 1.78. The third kappa shape index (κ3) is 3.03. The molecule has 2 atom stereocenters. The molecule has 17 heavy (non-hydrogen) atoms. The first-order valence-electron chi connectivity index (χ1n) is 5.53. The summed E-state index contributed by atoms with van der Waals surface area (Å²) in [4.78, 5) is 11.4. The maximum atomic E-state index is 13.6. The first-order chi connectivity index (χ1) is 8.01. The molecule has 0 aliphatic carbocycles. The largest absolute Gasteiger partial charge is 0.469 e. The van der Waals surface area contributed by atoms with Crippen LogP contribution in [0, 0.1) is 18.7 Å². The van der Waals surface area contributed by atoms with Crippen LogP contribution in [0.2, 0.25) is 0 Å². The summed E-state index contributed by atoms with van der Waals surface area (Å²) in [5, 5.41) is 10.0. The second-order valence-electron chi connectivity index (χ2n) is 4.01. The summed E-state index contributed by atoms with van der Waals surface area (Å²) in [6.07, 6.45) is -0.784. The minimum Gasteiger partial charge on any atom is -0.469 e. The number of hydrogen-bond acceptors (Lipinski definition) is 3. The summed E-state index contributed by atoms with van der Waals surface area (Å²) in [6.45, 7) is 3.55. The van der Waals surface area contributed by atoms with Crippen molar-refractivity contribution in [2.24, 2.45) is 5.92 Å². The molecule has 0 amide bonds. The van der Waals surface area contributed by atoms with Gasteiger partial charge in [-0.15, -0.1) is 0 Å². The number of hydrogen-bond donors (Lipinski definition) is 1. The molecule has 1 aromatic rings. The van der Waals surface area contributed by atoms with E-state index in [9.17, 15) is 14.3 Å². The monoisotopic (exact) mass is 240 g/mol. The number of esters is 1. The Morgan fingerprint density at radius 2 is 2.18 bits per heavy atom. The lowest BCUT2D eigenvalue weighted by Crippen LogP contribution is -2.23. The Morgan fingerprint density at radius 1 is 1.53 bits per heavy atom. The fourth-order valence-electron chi connectivity index (χ4n) is 1.78. The van der Waals surface area contributed by atoms with Crippen LogP contribution >= 0.6 is 0 Å². The molecule has 94 valence electrons. The molecule has 0 bridgehead atoms. The highest BCUT2D eigenvalue weighted by Gasteiger charge is 2.29. The zero-order valence-electron chi connectivity index (χ0n) is 10.2. The maximum Gasteiger partial charge on any atom is 0.311 e. The maximum absolute atomic E-state index is 13.6. The predicted octanol–water partition coefficient (Wildman–Crippen LogP) is 2.37. The highest BCUT2D eigenvalue weighted by molar-refractivity contribution is 5.73. The number of halogens is 1. The minimum absolute atomic E-state index is 0.141. The Balaban J connectivity index is 3.05. The van der Waals surface area contributed by atoms with Gasteiger partial charge in [-0.1, -0.05) is 24.6 Å². The third-order valence-corrected chi connectivity index (χ3v) is 2.80. The van der Waals surface area contributed by atoms with Gasteiger partial charge in [-0.3, -0.25) is 4.79 Å². The van der Waals surface area contributed by atoms with Crippen LogP contribution in [0.3, 0.4) is 0 Å². The summed E-state index contributed by atoms with van der Waals surface area (Å²) in [7, 11) is 1.25. The molecule has 1 aromatic carbocycles. The van der Waals surface area contributed by atoms with Gasteiger partial charge in [0.05, 0.1) is 19.1 Å². The Hall–Kier alpha value is -1.42. The van der Waals surface area contributed by atoms with Crippen LogP contribution in [0.25, 0.3) is 0 Å². The molecule has 0 heterocycles. The highest BCUT2D eigenvalue weighted by atomic mass is 19.1. The molecule has 3 nitrogen and oxygen atoms in total. The Morgan fingerprint density at radius 3 is 2.71 bits per heavy atom. The van der Waals surface area contributed by atoms with E-state index in [0.717, 1.165) is 5.56 Å². The topological polar surface area (TPSA) is 46.5 Å².